The summed E-state index contributed by atoms with van der Waals surface area (Å²) in [5, 5.41) is 11.9. The van der Waals surface area contributed by atoms with Gasteiger partial charge in [-0.3, -0.25) is 4.79 Å². The van der Waals surface area contributed by atoms with E-state index in [9.17, 15) is 9.59 Å². The summed E-state index contributed by atoms with van der Waals surface area (Å²) in [6, 6.07) is 8.98. The van der Waals surface area contributed by atoms with Crippen LogP contribution >= 0.6 is 11.6 Å². The first-order valence-electron chi connectivity index (χ1n) is 8.84. The van der Waals surface area contributed by atoms with Gasteiger partial charge >= 0.3 is 5.97 Å². The normalized spacial score (nSPS) is 11.0. The van der Waals surface area contributed by atoms with Gasteiger partial charge in [0.05, 0.1) is 23.8 Å². The molecule has 0 atom stereocenters. The van der Waals surface area contributed by atoms with Gasteiger partial charge in [0.1, 0.15) is 0 Å². The number of benzene rings is 2. The fraction of sp³-hybridized carbons (Fsp3) is 0.333. The Bertz CT molecular complexity index is 856. The summed E-state index contributed by atoms with van der Waals surface area (Å²) in [5.41, 5.74) is 0.830. The number of nitrogens with one attached hydrogen (secondary N) is 1. The van der Waals surface area contributed by atoms with Crippen LogP contribution in [0.3, 0.4) is 0 Å². The van der Waals surface area contributed by atoms with Crippen molar-refractivity contribution in [2.45, 2.75) is 27.7 Å². The number of aromatic carboxylic acids is 1. The minimum atomic E-state index is -1.03. The van der Waals surface area contributed by atoms with Crippen LogP contribution in [-0.2, 0) is 0 Å². The first-order chi connectivity index (χ1) is 13.1. The van der Waals surface area contributed by atoms with E-state index in [-0.39, 0.29) is 16.0 Å². The summed E-state index contributed by atoms with van der Waals surface area (Å²) >= 11 is 6.32. The number of ether oxygens (including phenoxy) is 2. The van der Waals surface area contributed by atoms with Gasteiger partial charge in [0, 0.05) is 11.3 Å². The van der Waals surface area contributed by atoms with Crippen molar-refractivity contribution in [3.63, 3.8) is 0 Å². The van der Waals surface area contributed by atoms with Gasteiger partial charge in [0.15, 0.2) is 11.5 Å². The van der Waals surface area contributed by atoms with Crippen molar-refractivity contribution in [3.8, 4) is 11.5 Å². The molecule has 28 heavy (non-hydrogen) atoms. The third-order valence-electron chi connectivity index (χ3n) is 3.61. The number of hydrogen-bond acceptors (Lipinski definition) is 4. The maximum Gasteiger partial charge on any atom is 0.335 e. The molecule has 0 heterocycles. The first kappa shape index (κ1) is 21.6. The molecule has 150 valence electrons. The molecule has 2 aromatic carbocycles. The molecule has 0 fully saturated rings. The van der Waals surface area contributed by atoms with Gasteiger partial charge in [-0.15, -0.1) is 0 Å². The number of carboxylic acid groups (broad SMARTS) is 1. The van der Waals surface area contributed by atoms with Gasteiger partial charge in [0.2, 0.25) is 0 Å². The predicted molar refractivity (Wildman–Crippen MR) is 109 cm³/mol. The van der Waals surface area contributed by atoms with Crippen molar-refractivity contribution in [3.05, 3.63) is 52.5 Å². The van der Waals surface area contributed by atoms with Crippen LogP contribution < -0.4 is 14.8 Å². The summed E-state index contributed by atoms with van der Waals surface area (Å²) in [7, 11) is 0. The number of carbonyl (C=O) groups is 2. The maximum absolute atomic E-state index is 12.6. The molecule has 6 nitrogen and oxygen atoms in total. The van der Waals surface area contributed by atoms with Gasteiger partial charge in [0.25, 0.3) is 5.91 Å². The molecular weight excluding hydrogens is 382 g/mol. The molecule has 2 N–H and O–H groups in total. The van der Waals surface area contributed by atoms with E-state index < -0.39 is 11.9 Å². The Morgan fingerprint density at radius 3 is 2.25 bits per heavy atom. The third kappa shape index (κ3) is 5.89. The van der Waals surface area contributed by atoms with E-state index in [0.29, 0.717) is 36.0 Å². The fourth-order valence-electron chi connectivity index (χ4n) is 2.28. The van der Waals surface area contributed by atoms with Crippen LogP contribution in [0.4, 0.5) is 5.69 Å². The highest BCUT2D eigenvalue weighted by Crippen LogP contribution is 2.37. The number of carbonyl (C=O) groups excluding carboxylic acids is 1. The molecule has 2 rings (SSSR count). The molecule has 0 radical (unpaired) electrons. The van der Waals surface area contributed by atoms with Crippen LogP contribution in [0.2, 0.25) is 5.02 Å². The van der Waals surface area contributed by atoms with Crippen molar-refractivity contribution in [1.82, 2.24) is 0 Å². The monoisotopic (exact) mass is 405 g/mol. The van der Waals surface area contributed by atoms with Crippen LogP contribution in [0.5, 0.6) is 11.5 Å². The maximum atomic E-state index is 12.6. The quantitative estimate of drug-likeness (QED) is 0.668. The Morgan fingerprint density at radius 1 is 1.07 bits per heavy atom. The molecule has 1 amide bonds. The highest BCUT2D eigenvalue weighted by Gasteiger charge is 2.19. The average molecular weight is 406 g/mol. The minimum absolute atomic E-state index is 0.0832. The van der Waals surface area contributed by atoms with Crippen LogP contribution in [0.1, 0.15) is 48.4 Å². The molecule has 0 saturated heterocycles. The number of halogens is 1. The minimum Gasteiger partial charge on any atom is -0.489 e. The topological polar surface area (TPSA) is 84.9 Å². The summed E-state index contributed by atoms with van der Waals surface area (Å²) in [4.78, 5) is 23.5. The Labute approximate surface area is 169 Å². The molecule has 7 heteroatoms. The molecule has 2 aromatic rings. The Kier molecular flexibility index (Phi) is 6.91. The van der Waals surface area contributed by atoms with Crippen LogP contribution in [0.25, 0.3) is 0 Å². The molecule has 0 spiro atoms. The lowest BCUT2D eigenvalue weighted by Gasteiger charge is -2.21. The zero-order valence-electron chi connectivity index (χ0n) is 16.3. The second-order valence-corrected chi connectivity index (χ2v) is 7.81. The highest BCUT2D eigenvalue weighted by molar-refractivity contribution is 6.32. The van der Waals surface area contributed by atoms with E-state index in [2.05, 4.69) is 5.32 Å². The highest BCUT2D eigenvalue weighted by atomic mass is 35.5. The van der Waals surface area contributed by atoms with Gasteiger partial charge in [-0.1, -0.05) is 32.4 Å². The van der Waals surface area contributed by atoms with E-state index in [4.69, 9.17) is 26.2 Å². The van der Waals surface area contributed by atoms with E-state index in [0.717, 1.165) is 0 Å². The molecule has 0 aliphatic carbocycles. The molecule has 0 aliphatic heterocycles. The van der Waals surface area contributed by atoms with Gasteiger partial charge in [-0.25, -0.2) is 4.79 Å². The van der Waals surface area contributed by atoms with Crippen LogP contribution in [0.15, 0.2) is 36.4 Å². The van der Waals surface area contributed by atoms with Crippen molar-refractivity contribution >= 4 is 29.2 Å². The number of hydrogen-bond donors (Lipinski definition) is 2. The summed E-state index contributed by atoms with van der Waals surface area (Å²) in [5.74, 6) is -0.628. The molecule has 0 saturated carbocycles. The van der Waals surface area contributed by atoms with Gasteiger partial charge in [-0.2, -0.15) is 0 Å². The number of amides is 1. The molecule has 0 aliphatic rings. The third-order valence-corrected chi connectivity index (χ3v) is 3.89. The number of anilines is 1. The predicted octanol–water partition coefficient (Wildman–Crippen LogP) is 5.11. The molecular formula is C21H24ClNO5. The lowest BCUT2D eigenvalue weighted by atomic mass is 9.99. The largest absolute Gasteiger partial charge is 0.489 e. The van der Waals surface area contributed by atoms with E-state index in [1.54, 1.807) is 6.07 Å². The molecule has 0 bridgehead atoms. The summed E-state index contributed by atoms with van der Waals surface area (Å²) in [6.45, 7) is 8.77. The smallest absolute Gasteiger partial charge is 0.335 e. The number of carboxylic acids is 1. The van der Waals surface area contributed by atoms with Crippen molar-refractivity contribution in [2.75, 3.05) is 18.5 Å². The Morgan fingerprint density at radius 2 is 1.71 bits per heavy atom. The molecule has 0 aromatic heterocycles. The van der Waals surface area contributed by atoms with Crippen molar-refractivity contribution in [1.29, 1.82) is 0 Å². The zero-order valence-corrected chi connectivity index (χ0v) is 17.1. The second kappa shape index (κ2) is 8.97. The van der Waals surface area contributed by atoms with Crippen LogP contribution in [-0.4, -0.2) is 30.2 Å². The van der Waals surface area contributed by atoms with Crippen molar-refractivity contribution < 1.29 is 24.2 Å². The van der Waals surface area contributed by atoms with Crippen molar-refractivity contribution in [2.24, 2.45) is 5.41 Å². The fourth-order valence-corrected chi connectivity index (χ4v) is 2.55. The van der Waals surface area contributed by atoms with Crippen LogP contribution in [0, 0.1) is 5.41 Å². The summed E-state index contributed by atoms with van der Waals surface area (Å²) < 4.78 is 11.4. The zero-order chi connectivity index (χ0) is 20.9. The molecule has 0 unspecified atom stereocenters. The lowest BCUT2D eigenvalue weighted by molar-refractivity contribution is 0.0696. The van der Waals surface area contributed by atoms with Gasteiger partial charge < -0.3 is 19.9 Å². The van der Waals surface area contributed by atoms with E-state index >= 15 is 0 Å². The SMILES string of the molecule is CCOc1c(Cl)cc(C(=O)Nc2ccc(C(=O)O)cc2)cc1OCC(C)(C)C. The standard InChI is InChI=1S/C21H24ClNO5/c1-5-27-18-16(22)10-14(11-17(18)28-12-21(2,3)4)19(24)23-15-8-6-13(7-9-15)20(25)26/h6-11H,5,12H2,1-4H3,(H,23,24)(H,25,26). The lowest BCUT2D eigenvalue weighted by Crippen LogP contribution is -2.18. The first-order valence-corrected chi connectivity index (χ1v) is 9.22. The number of rotatable bonds is 7. The average Bonchev–Trinajstić information content (AvgIpc) is 2.61. The van der Waals surface area contributed by atoms with E-state index in [1.165, 1.54) is 30.3 Å². The Hall–Kier alpha value is -2.73. The second-order valence-electron chi connectivity index (χ2n) is 7.40. The summed E-state index contributed by atoms with van der Waals surface area (Å²) in [6.07, 6.45) is 0. The Balaban J connectivity index is 2.26. The van der Waals surface area contributed by atoms with Gasteiger partial charge in [-0.05, 0) is 48.7 Å². The van der Waals surface area contributed by atoms with E-state index in [1.807, 2.05) is 27.7 Å².